The summed E-state index contributed by atoms with van der Waals surface area (Å²) in [4.78, 5) is 27.1. The van der Waals surface area contributed by atoms with E-state index in [9.17, 15) is 10.1 Å². The summed E-state index contributed by atoms with van der Waals surface area (Å²) in [5.74, 6) is 0.00971. The third-order valence-electron chi connectivity index (χ3n) is 3.69. The Kier molecular flexibility index (Phi) is 5.28. The van der Waals surface area contributed by atoms with Gasteiger partial charge in [0.15, 0.2) is 0 Å². The van der Waals surface area contributed by atoms with Crippen molar-refractivity contribution in [3.05, 3.63) is 42.4 Å². The number of nitrogens with two attached hydrogens (primary N) is 1. The van der Waals surface area contributed by atoms with Gasteiger partial charge >= 0.3 is 5.97 Å². The number of nitrogen functional groups attached to an aromatic ring is 1. The smallest absolute Gasteiger partial charge is 0.325 e. The molecule has 0 radical (unpaired) electrons. The molecule has 9 nitrogen and oxygen atoms in total. The zero-order valence-electron chi connectivity index (χ0n) is 14.6. The first-order valence-electron chi connectivity index (χ1n) is 8.18. The highest BCUT2D eigenvalue weighted by atomic mass is 16.5. The van der Waals surface area contributed by atoms with E-state index in [-0.39, 0.29) is 23.9 Å². The summed E-state index contributed by atoms with van der Waals surface area (Å²) in [5.41, 5.74) is 8.78. The maximum atomic E-state index is 11.4. The van der Waals surface area contributed by atoms with Crippen molar-refractivity contribution >= 4 is 17.7 Å². The molecule has 0 amide bonds. The molecule has 27 heavy (non-hydrogen) atoms. The fourth-order valence-electron chi connectivity index (χ4n) is 2.46. The second-order valence-corrected chi connectivity index (χ2v) is 5.46. The predicted molar refractivity (Wildman–Crippen MR) is 99.3 cm³/mol. The van der Waals surface area contributed by atoms with Crippen molar-refractivity contribution < 1.29 is 9.53 Å². The molecule has 9 heteroatoms. The molecule has 0 aliphatic rings. The number of hydrogen-bond acceptors (Lipinski definition) is 8. The van der Waals surface area contributed by atoms with Crippen LogP contribution in [0.15, 0.2) is 36.8 Å². The molecule has 0 bridgehead atoms. The largest absolute Gasteiger partial charge is 0.465 e. The highest BCUT2D eigenvalue weighted by Crippen LogP contribution is 2.30. The summed E-state index contributed by atoms with van der Waals surface area (Å²) in [6, 6.07) is 7.53. The van der Waals surface area contributed by atoms with Crippen molar-refractivity contribution in [2.75, 3.05) is 24.2 Å². The van der Waals surface area contributed by atoms with E-state index in [1.165, 1.54) is 0 Å². The number of pyridine rings is 1. The molecular weight excluding hydrogens is 346 g/mol. The topological polar surface area (TPSA) is 143 Å². The number of rotatable bonds is 6. The van der Waals surface area contributed by atoms with Gasteiger partial charge < -0.3 is 20.8 Å². The second-order valence-electron chi connectivity index (χ2n) is 5.46. The van der Waals surface area contributed by atoms with Gasteiger partial charge in [0, 0.05) is 29.7 Å². The van der Waals surface area contributed by atoms with Gasteiger partial charge in [-0.25, -0.2) is 15.0 Å². The van der Waals surface area contributed by atoms with Gasteiger partial charge in [0.2, 0.25) is 5.95 Å². The molecule has 0 aliphatic heterocycles. The predicted octanol–water partition coefficient (Wildman–Crippen LogP) is 1.96. The highest BCUT2D eigenvalue weighted by molar-refractivity contribution is 5.79. The minimum Gasteiger partial charge on any atom is -0.465 e. The van der Waals surface area contributed by atoms with Gasteiger partial charge in [-0.1, -0.05) is 0 Å². The van der Waals surface area contributed by atoms with Crippen molar-refractivity contribution in [2.45, 2.75) is 6.92 Å². The fourth-order valence-corrected chi connectivity index (χ4v) is 2.46. The van der Waals surface area contributed by atoms with Crippen LogP contribution in [-0.4, -0.2) is 39.1 Å². The number of anilines is 2. The number of nitriles is 1. The average molecular weight is 363 g/mol. The Morgan fingerprint density at radius 2 is 2.19 bits per heavy atom. The quantitative estimate of drug-likeness (QED) is 0.564. The van der Waals surface area contributed by atoms with Crippen molar-refractivity contribution in [3.8, 4) is 28.6 Å². The number of carbonyl (C=O) groups is 1. The standard InChI is InChI=1S/C18H17N7O2/c1-2-27-16(26)10-24-18-22-8-11(9-23-18)12-6-15(14-4-3-5-21-14)25-17(20)13(12)7-19/h3-6,8-9,21H,2,10H2,1H3,(H2,20,25)(H,22,23,24). The number of aromatic nitrogens is 4. The minimum atomic E-state index is -0.394. The molecule has 0 fully saturated rings. The van der Waals surface area contributed by atoms with E-state index in [2.05, 4.69) is 31.3 Å². The molecule has 0 saturated heterocycles. The number of aromatic amines is 1. The van der Waals surface area contributed by atoms with Gasteiger partial charge in [-0.15, -0.1) is 0 Å². The molecule has 0 aliphatic carbocycles. The Balaban J connectivity index is 1.89. The lowest BCUT2D eigenvalue weighted by Crippen LogP contribution is -2.17. The fraction of sp³-hybridized carbons (Fsp3) is 0.167. The number of hydrogen-bond donors (Lipinski definition) is 3. The van der Waals surface area contributed by atoms with Crippen molar-refractivity contribution in [1.82, 2.24) is 19.9 Å². The van der Waals surface area contributed by atoms with E-state index >= 15 is 0 Å². The molecule has 0 spiro atoms. The van der Waals surface area contributed by atoms with Crippen LogP contribution in [0, 0.1) is 11.3 Å². The van der Waals surface area contributed by atoms with Crippen LogP contribution in [0.25, 0.3) is 22.5 Å². The van der Waals surface area contributed by atoms with E-state index in [1.54, 1.807) is 31.6 Å². The lowest BCUT2D eigenvalue weighted by molar-refractivity contribution is -0.140. The summed E-state index contributed by atoms with van der Waals surface area (Å²) in [6.45, 7) is 2.01. The van der Waals surface area contributed by atoms with E-state index in [0.717, 1.165) is 5.69 Å². The van der Waals surface area contributed by atoms with Gasteiger partial charge in [0.1, 0.15) is 24.0 Å². The molecular formula is C18H17N7O2. The van der Waals surface area contributed by atoms with Crippen LogP contribution in [0.4, 0.5) is 11.8 Å². The average Bonchev–Trinajstić information content (AvgIpc) is 3.21. The zero-order chi connectivity index (χ0) is 19.2. The van der Waals surface area contributed by atoms with Gasteiger partial charge in [0.05, 0.1) is 18.0 Å². The number of carbonyl (C=O) groups excluding carboxylic acids is 1. The zero-order valence-corrected chi connectivity index (χ0v) is 14.6. The molecule has 0 aromatic carbocycles. The lowest BCUT2D eigenvalue weighted by Gasteiger charge is -2.10. The molecule has 0 saturated carbocycles. The normalized spacial score (nSPS) is 10.2. The molecule has 3 aromatic heterocycles. The first-order valence-corrected chi connectivity index (χ1v) is 8.18. The number of H-pyrrole nitrogens is 1. The molecule has 4 N–H and O–H groups in total. The van der Waals surface area contributed by atoms with Crippen molar-refractivity contribution in [2.24, 2.45) is 0 Å². The molecule has 3 aromatic rings. The molecule has 3 heterocycles. The van der Waals surface area contributed by atoms with Crippen LogP contribution in [0.5, 0.6) is 0 Å². The number of nitrogens with zero attached hydrogens (tertiary/aromatic N) is 4. The first kappa shape index (κ1) is 17.9. The van der Waals surface area contributed by atoms with E-state index in [1.807, 2.05) is 12.1 Å². The summed E-state index contributed by atoms with van der Waals surface area (Å²) in [5, 5.41) is 12.2. The van der Waals surface area contributed by atoms with E-state index < -0.39 is 5.97 Å². The first-order chi connectivity index (χ1) is 13.1. The Bertz CT molecular complexity index is 976. The van der Waals surface area contributed by atoms with Gasteiger partial charge in [-0.05, 0) is 25.1 Å². The second kappa shape index (κ2) is 7.97. The summed E-state index contributed by atoms with van der Waals surface area (Å²) < 4.78 is 4.83. The van der Waals surface area contributed by atoms with E-state index in [0.29, 0.717) is 23.4 Å². The molecule has 3 rings (SSSR count). The lowest BCUT2D eigenvalue weighted by atomic mass is 10.0. The maximum Gasteiger partial charge on any atom is 0.325 e. The molecule has 0 unspecified atom stereocenters. The highest BCUT2D eigenvalue weighted by Gasteiger charge is 2.14. The van der Waals surface area contributed by atoms with Gasteiger partial charge in [-0.2, -0.15) is 5.26 Å². The SMILES string of the molecule is CCOC(=O)CNc1ncc(-c2cc(-c3ccc[nH]3)nc(N)c2C#N)cn1. The van der Waals surface area contributed by atoms with Crippen LogP contribution in [0.1, 0.15) is 12.5 Å². The van der Waals surface area contributed by atoms with Crippen LogP contribution in [-0.2, 0) is 9.53 Å². The van der Waals surface area contributed by atoms with Crippen molar-refractivity contribution in [3.63, 3.8) is 0 Å². The summed E-state index contributed by atoms with van der Waals surface area (Å²) in [6.07, 6.45) is 4.88. The Morgan fingerprint density at radius 1 is 1.41 bits per heavy atom. The Morgan fingerprint density at radius 3 is 2.81 bits per heavy atom. The van der Waals surface area contributed by atoms with Crippen LogP contribution in [0.2, 0.25) is 0 Å². The van der Waals surface area contributed by atoms with Crippen LogP contribution >= 0.6 is 0 Å². The Labute approximate surface area is 155 Å². The maximum absolute atomic E-state index is 11.4. The Hall–Kier alpha value is -3.93. The number of nitrogens with one attached hydrogen (secondary N) is 2. The minimum absolute atomic E-state index is 0.0319. The van der Waals surface area contributed by atoms with E-state index in [4.69, 9.17) is 10.5 Å². The third kappa shape index (κ3) is 4.01. The monoisotopic (exact) mass is 363 g/mol. The van der Waals surface area contributed by atoms with Crippen LogP contribution < -0.4 is 11.1 Å². The van der Waals surface area contributed by atoms with Crippen molar-refractivity contribution in [1.29, 1.82) is 5.26 Å². The van der Waals surface area contributed by atoms with Gasteiger partial charge in [-0.3, -0.25) is 4.79 Å². The van der Waals surface area contributed by atoms with Crippen LogP contribution in [0.3, 0.4) is 0 Å². The summed E-state index contributed by atoms with van der Waals surface area (Å²) in [7, 11) is 0. The molecule has 136 valence electrons. The number of ether oxygens (including phenoxy) is 1. The number of esters is 1. The third-order valence-corrected chi connectivity index (χ3v) is 3.69. The molecule has 0 atom stereocenters. The summed E-state index contributed by atoms with van der Waals surface area (Å²) >= 11 is 0. The van der Waals surface area contributed by atoms with Gasteiger partial charge in [0.25, 0.3) is 0 Å².